The van der Waals surface area contributed by atoms with Gasteiger partial charge < -0.3 is 20.3 Å². The molecule has 0 aromatic carbocycles. The van der Waals surface area contributed by atoms with Crippen LogP contribution in [0.15, 0.2) is 0 Å². The first-order chi connectivity index (χ1) is 6.24. The van der Waals surface area contributed by atoms with E-state index in [0.717, 1.165) is 19.6 Å². The van der Waals surface area contributed by atoms with Gasteiger partial charge in [0.1, 0.15) is 0 Å². The van der Waals surface area contributed by atoms with Gasteiger partial charge in [0, 0.05) is 19.7 Å². The van der Waals surface area contributed by atoms with E-state index in [2.05, 4.69) is 12.2 Å². The van der Waals surface area contributed by atoms with Crippen LogP contribution in [0.25, 0.3) is 0 Å². The third kappa shape index (κ3) is 3.60. The van der Waals surface area contributed by atoms with Crippen molar-refractivity contribution in [3.63, 3.8) is 0 Å². The molecule has 4 nitrogen and oxygen atoms in total. The molecule has 0 aromatic rings. The highest BCUT2D eigenvalue weighted by molar-refractivity contribution is 4.74. The zero-order chi connectivity index (χ0) is 9.68. The van der Waals surface area contributed by atoms with Gasteiger partial charge in [-0.25, -0.2) is 0 Å². The normalized spacial score (nSPS) is 30.7. The van der Waals surface area contributed by atoms with Crippen molar-refractivity contribution in [1.29, 1.82) is 0 Å². The summed E-state index contributed by atoms with van der Waals surface area (Å²) in [6, 6.07) is 0. The first-order valence-electron chi connectivity index (χ1n) is 4.85. The molecule has 1 aliphatic rings. The minimum Gasteiger partial charge on any atom is -0.394 e. The van der Waals surface area contributed by atoms with Crippen molar-refractivity contribution in [2.24, 2.45) is 5.92 Å². The second-order valence-corrected chi connectivity index (χ2v) is 3.62. The minimum absolute atomic E-state index is 0.177. The van der Waals surface area contributed by atoms with Crippen LogP contribution in [0, 0.1) is 5.92 Å². The maximum atomic E-state index is 9.05. The van der Waals surface area contributed by atoms with Crippen LogP contribution in [-0.4, -0.2) is 48.7 Å². The van der Waals surface area contributed by atoms with Crippen LogP contribution in [-0.2, 0) is 4.74 Å². The van der Waals surface area contributed by atoms with Crippen LogP contribution in [0.5, 0.6) is 0 Å². The average Bonchev–Trinajstić information content (AvgIpc) is 2.52. The maximum absolute atomic E-state index is 9.05. The van der Waals surface area contributed by atoms with Crippen LogP contribution < -0.4 is 5.32 Å². The largest absolute Gasteiger partial charge is 0.394 e. The molecular formula is C9H19NO3. The molecule has 0 spiro atoms. The zero-order valence-electron chi connectivity index (χ0n) is 8.07. The summed E-state index contributed by atoms with van der Waals surface area (Å²) in [4.78, 5) is 0. The van der Waals surface area contributed by atoms with Gasteiger partial charge in [-0.15, -0.1) is 0 Å². The molecule has 0 amide bonds. The molecule has 0 radical (unpaired) electrons. The summed E-state index contributed by atoms with van der Waals surface area (Å²) in [5, 5.41) is 20.7. The maximum Gasteiger partial charge on any atom is 0.0894 e. The van der Waals surface area contributed by atoms with Gasteiger partial charge in [-0.3, -0.25) is 0 Å². The lowest BCUT2D eigenvalue weighted by molar-refractivity contribution is 0.0876. The van der Waals surface area contributed by atoms with Crippen LogP contribution in [0.4, 0.5) is 0 Å². The van der Waals surface area contributed by atoms with Crippen molar-refractivity contribution < 1.29 is 14.9 Å². The Balaban J connectivity index is 2.05. The van der Waals surface area contributed by atoms with Gasteiger partial charge in [-0.1, -0.05) is 0 Å². The molecule has 1 fully saturated rings. The molecule has 1 rings (SSSR count). The molecule has 3 N–H and O–H groups in total. The molecule has 3 atom stereocenters. The monoisotopic (exact) mass is 189 g/mol. The van der Waals surface area contributed by atoms with Crippen LogP contribution >= 0.6 is 0 Å². The Morgan fingerprint density at radius 1 is 1.62 bits per heavy atom. The Hall–Kier alpha value is -0.160. The van der Waals surface area contributed by atoms with E-state index in [4.69, 9.17) is 14.9 Å². The fourth-order valence-electron chi connectivity index (χ4n) is 1.54. The average molecular weight is 189 g/mol. The van der Waals surface area contributed by atoms with E-state index >= 15 is 0 Å². The van der Waals surface area contributed by atoms with E-state index in [-0.39, 0.29) is 6.61 Å². The van der Waals surface area contributed by atoms with Crippen molar-refractivity contribution in [3.8, 4) is 0 Å². The summed E-state index contributed by atoms with van der Waals surface area (Å²) in [6.07, 6.45) is 0.764. The predicted molar refractivity (Wildman–Crippen MR) is 49.5 cm³/mol. The SMILES string of the molecule is CC1OCCC1CNCC(O)CO. The standard InChI is InChI=1S/C9H19NO3/c1-7-8(2-3-13-7)4-10-5-9(12)6-11/h7-12H,2-6H2,1H3. The molecule has 1 saturated heterocycles. The van der Waals surface area contributed by atoms with Gasteiger partial charge >= 0.3 is 0 Å². The second-order valence-electron chi connectivity index (χ2n) is 3.62. The van der Waals surface area contributed by atoms with Gasteiger partial charge in [0.2, 0.25) is 0 Å². The molecule has 13 heavy (non-hydrogen) atoms. The molecule has 0 aliphatic carbocycles. The summed E-state index contributed by atoms with van der Waals surface area (Å²) >= 11 is 0. The number of aliphatic hydroxyl groups is 2. The van der Waals surface area contributed by atoms with E-state index in [1.54, 1.807) is 0 Å². The Kier molecular flexibility index (Phi) is 4.66. The Morgan fingerprint density at radius 2 is 2.38 bits per heavy atom. The molecule has 0 bridgehead atoms. The van der Waals surface area contributed by atoms with Crippen molar-refractivity contribution >= 4 is 0 Å². The summed E-state index contributed by atoms with van der Waals surface area (Å²) in [7, 11) is 0. The number of ether oxygens (including phenoxy) is 1. The smallest absolute Gasteiger partial charge is 0.0894 e. The summed E-state index contributed by atoms with van der Waals surface area (Å²) in [6.45, 7) is 4.06. The molecular weight excluding hydrogens is 170 g/mol. The lowest BCUT2D eigenvalue weighted by Crippen LogP contribution is -2.34. The molecule has 4 heteroatoms. The lowest BCUT2D eigenvalue weighted by atomic mass is 10.0. The zero-order valence-corrected chi connectivity index (χ0v) is 8.07. The first kappa shape index (κ1) is 10.9. The van der Waals surface area contributed by atoms with Gasteiger partial charge in [0.05, 0.1) is 18.8 Å². The molecule has 3 unspecified atom stereocenters. The highest BCUT2D eigenvalue weighted by Gasteiger charge is 2.23. The summed E-state index contributed by atoms with van der Waals surface area (Å²) in [5.41, 5.74) is 0. The van der Waals surface area contributed by atoms with Gasteiger partial charge in [-0.2, -0.15) is 0 Å². The summed E-state index contributed by atoms with van der Waals surface area (Å²) < 4.78 is 5.40. The van der Waals surface area contributed by atoms with Crippen LogP contribution in [0.2, 0.25) is 0 Å². The van der Waals surface area contributed by atoms with Crippen LogP contribution in [0.1, 0.15) is 13.3 Å². The van der Waals surface area contributed by atoms with Gasteiger partial charge in [0.25, 0.3) is 0 Å². The van der Waals surface area contributed by atoms with Crippen LogP contribution in [0.3, 0.4) is 0 Å². The minimum atomic E-state index is -0.641. The quantitative estimate of drug-likeness (QED) is 0.538. The molecule has 1 aliphatic heterocycles. The van der Waals surface area contributed by atoms with Gasteiger partial charge in [0.15, 0.2) is 0 Å². The van der Waals surface area contributed by atoms with E-state index in [0.29, 0.717) is 18.6 Å². The van der Waals surface area contributed by atoms with Gasteiger partial charge in [-0.05, 0) is 19.3 Å². The van der Waals surface area contributed by atoms with Crippen molar-refractivity contribution in [3.05, 3.63) is 0 Å². The topological polar surface area (TPSA) is 61.7 Å². The Labute approximate surface area is 78.9 Å². The fraction of sp³-hybridized carbons (Fsp3) is 1.00. The number of hydrogen-bond acceptors (Lipinski definition) is 4. The summed E-state index contributed by atoms with van der Waals surface area (Å²) in [5.74, 6) is 0.547. The number of rotatable bonds is 5. The first-order valence-corrected chi connectivity index (χ1v) is 4.85. The third-order valence-corrected chi connectivity index (χ3v) is 2.53. The number of nitrogens with one attached hydrogen (secondary N) is 1. The van der Waals surface area contributed by atoms with Crippen molar-refractivity contribution in [1.82, 2.24) is 5.32 Å². The number of aliphatic hydroxyl groups excluding tert-OH is 2. The second kappa shape index (κ2) is 5.54. The third-order valence-electron chi connectivity index (χ3n) is 2.53. The fourth-order valence-corrected chi connectivity index (χ4v) is 1.54. The predicted octanol–water partition coefficient (Wildman–Crippen LogP) is -0.646. The van der Waals surface area contributed by atoms with E-state index in [9.17, 15) is 0 Å². The van der Waals surface area contributed by atoms with E-state index < -0.39 is 6.10 Å². The van der Waals surface area contributed by atoms with E-state index in [1.165, 1.54) is 0 Å². The molecule has 0 saturated carbocycles. The molecule has 1 heterocycles. The highest BCUT2D eigenvalue weighted by atomic mass is 16.5. The molecule has 0 aromatic heterocycles. The lowest BCUT2D eigenvalue weighted by Gasteiger charge is -2.15. The van der Waals surface area contributed by atoms with Crippen molar-refractivity contribution in [2.45, 2.75) is 25.6 Å². The van der Waals surface area contributed by atoms with Crippen molar-refractivity contribution in [2.75, 3.05) is 26.3 Å². The Bertz CT molecular complexity index is 143. The highest BCUT2D eigenvalue weighted by Crippen LogP contribution is 2.18. The van der Waals surface area contributed by atoms with E-state index in [1.807, 2.05) is 0 Å². The number of hydrogen-bond donors (Lipinski definition) is 3. The Morgan fingerprint density at radius 3 is 2.92 bits per heavy atom. The molecule has 78 valence electrons.